The average Bonchev–Trinajstić information content (AvgIpc) is 3.26. The van der Waals surface area contributed by atoms with Gasteiger partial charge in [0.1, 0.15) is 12.2 Å². The fourth-order valence-electron chi connectivity index (χ4n) is 3.21. The van der Waals surface area contributed by atoms with Crippen LogP contribution in [-0.4, -0.2) is 32.1 Å². The quantitative estimate of drug-likeness (QED) is 0.476. The molecule has 4 rings (SSSR count). The van der Waals surface area contributed by atoms with E-state index in [2.05, 4.69) is 27.4 Å². The van der Waals surface area contributed by atoms with Gasteiger partial charge in [0.25, 0.3) is 11.4 Å². The Morgan fingerprint density at radius 1 is 1.17 bits per heavy atom. The van der Waals surface area contributed by atoms with Gasteiger partial charge in [-0.2, -0.15) is 4.98 Å². The van der Waals surface area contributed by atoms with Crippen molar-refractivity contribution in [1.82, 2.24) is 25.0 Å². The van der Waals surface area contributed by atoms with Gasteiger partial charge in [-0.3, -0.25) is 19.1 Å². The minimum atomic E-state index is -0.313. The number of pyridine rings is 2. The molecule has 152 valence electrons. The number of para-hydroxylation sites is 1. The number of aromatic nitrogens is 4. The average molecular weight is 403 g/mol. The van der Waals surface area contributed by atoms with Crippen LogP contribution in [0.4, 0.5) is 0 Å². The minimum Gasteiger partial charge on any atom is -0.355 e. The first-order chi connectivity index (χ1) is 14.7. The van der Waals surface area contributed by atoms with Crippen LogP contribution in [0.1, 0.15) is 19.8 Å². The molecule has 0 bridgehead atoms. The lowest BCUT2D eigenvalue weighted by Gasteiger charge is -2.12. The summed E-state index contributed by atoms with van der Waals surface area (Å²) in [4.78, 5) is 33.8. The van der Waals surface area contributed by atoms with Crippen LogP contribution in [0.15, 0.2) is 64.0 Å². The predicted octanol–water partition coefficient (Wildman–Crippen LogP) is 3.03. The van der Waals surface area contributed by atoms with Crippen molar-refractivity contribution in [2.75, 3.05) is 6.54 Å². The molecule has 0 fully saturated rings. The van der Waals surface area contributed by atoms with Crippen LogP contribution in [0.2, 0.25) is 0 Å². The van der Waals surface area contributed by atoms with Crippen LogP contribution in [0.5, 0.6) is 0 Å². The number of rotatable bonds is 7. The van der Waals surface area contributed by atoms with Gasteiger partial charge in [0.2, 0.25) is 11.7 Å². The van der Waals surface area contributed by atoms with Gasteiger partial charge in [-0.05, 0) is 24.6 Å². The van der Waals surface area contributed by atoms with E-state index in [4.69, 9.17) is 4.52 Å². The van der Waals surface area contributed by atoms with Crippen molar-refractivity contribution < 1.29 is 9.32 Å². The first kappa shape index (κ1) is 19.5. The Labute approximate surface area is 172 Å². The second-order valence-corrected chi connectivity index (χ2v) is 6.84. The number of nitrogens with one attached hydrogen (secondary N) is 1. The van der Waals surface area contributed by atoms with Gasteiger partial charge >= 0.3 is 0 Å². The van der Waals surface area contributed by atoms with Crippen LogP contribution in [0.25, 0.3) is 33.9 Å². The molecule has 1 amide bonds. The molecule has 8 nitrogen and oxygen atoms in total. The van der Waals surface area contributed by atoms with E-state index in [1.54, 1.807) is 24.4 Å². The standard InChI is InChI=1S/C22H21N5O3/c1-2-3-11-24-19(28)14-27-18-10-5-4-8-15(18)16(13-20(27)29)22-25-21(26-30-22)17-9-6-7-12-23-17/h4-10,12-13H,2-3,11,14H2,1H3,(H,24,28). The summed E-state index contributed by atoms with van der Waals surface area (Å²) in [7, 11) is 0. The fraction of sp³-hybridized carbons (Fsp3) is 0.227. The van der Waals surface area contributed by atoms with Crippen LogP contribution >= 0.6 is 0 Å². The summed E-state index contributed by atoms with van der Waals surface area (Å²) in [5, 5.41) is 7.58. The van der Waals surface area contributed by atoms with Crippen molar-refractivity contribution in [3.8, 4) is 23.0 Å². The number of carbonyl (C=O) groups is 1. The molecule has 0 radical (unpaired) electrons. The van der Waals surface area contributed by atoms with Crippen molar-refractivity contribution in [2.45, 2.75) is 26.3 Å². The minimum absolute atomic E-state index is 0.0492. The summed E-state index contributed by atoms with van der Waals surface area (Å²) < 4.78 is 6.88. The van der Waals surface area contributed by atoms with Crippen molar-refractivity contribution in [3.05, 3.63) is 65.1 Å². The highest BCUT2D eigenvalue weighted by molar-refractivity contribution is 5.93. The molecule has 1 N–H and O–H groups in total. The molecule has 0 saturated heterocycles. The molecule has 4 aromatic rings. The van der Waals surface area contributed by atoms with Gasteiger partial charge in [0, 0.05) is 24.2 Å². The van der Waals surface area contributed by atoms with Crippen molar-refractivity contribution >= 4 is 16.8 Å². The SMILES string of the molecule is CCCCNC(=O)Cn1c(=O)cc(-c2nc(-c3ccccn3)no2)c2ccccc21. The van der Waals surface area contributed by atoms with Gasteiger partial charge in [-0.1, -0.05) is 42.8 Å². The third-order valence-electron chi connectivity index (χ3n) is 4.72. The van der Waals surface area contributed by atoms with E-state index in [-0.39, 0.29) is 23.9 Å². The molecule has 30 heavy (non-hydrogen) atoms. The molecule has 0 spiro atoms. The summed E-state index contributed by atoms with van der Waals surface area (Å²) in [6.07, 6.45) is 3.53. The maximum Gasteiger partial charge on any atom is 0.259 e. The highest BCUT2D eigenvalue weighted by Crippen LogP contribution is 2.27. The molecule has 1 aromatic carbocycles. The summed E-state index contributed by atoms with van der Waals surface area (Å²) >= 11 is 0. The van der Waals surface area contributed by atoms with E-state index in [1.807, 2.05) is 24.3 Å². The van der Waals surface area contributed by atoms with Gasteiger partial charge in [0.05, 0.1) is 11.1 Å². The Morgan fingerprint density at radius 3 is 2.80 bits per heavy atom. The lowest BCUT2D eigenvalue weighted by atomic mass is 10.1. The zero-order valence-electron chi connectivity index (χ0n) is 16.5. The number of unbranched alkanes of at least 4 members (excludes halogenated alkanes) is 1. The molecular weight excluding hydrogens is 382 g/mol. The van der Waals surface area contributed by atoms with Crippen LogP contribution in [0.3, 0.4) is 0 Å². The zero-order valence-corrected chi connectivity index (χ0v) is 16.5. The number of hydrogen-bond donors (Lipinski definition) is 1. The zero-order chi connectivity index (χ0) is 20.9. The largest absolute Gasteiger partial charge is 0.355 e. The highest BCUT2D eigenvalue weighted by atomic mass is 16.5. The van der Waals surface area contributed by atoms with Crippen molar-refractivity contribution in [2.24, 2.45) is 0 Å². The van der Waals surface area contributed by atoms with E-state index in [1.165, 1.54) is 10.6 Å². The topological polar surface area (TPSA) is 103 Å². The van der Waals surface area contributed by atoms with Crippen LogP contribution in [-0.2, 0) is 11.3 Å². The van der Waals surface area contributed by atoms with Crippen LogP contribution in [0, 0.1) is 0 Å². The Balaban J connectivity index is 1.72. The maximum absolute atomic E-state index is 12.9. The second-order valence-electron chi connectivity index (χ2n) is 6.84. The molecule has 0 aliphatic heterocycles. The Bertz CT molecular complexity index is 1230. The highest BCUT2D eigenvalue weighted by Gasteiger charge is 2.18. The van der Waals surface area contributed by atoms with Crippen LogP contribution < -0.4 is 10.9 Å². The normalized spacial score (nSPS) is 11.0. The summed E-state index contributed by atoms with van der Waals surface area (Å²) in [5.74, 6) is 0.372. The van der Waals surface area contributed by atoms with Gasteiger partial charge in [-0.25, -0.2) is 0 Å². The molecule has 8 heteroatoms. The molecule has 3 heterocycles. The Hall–Kier alpha value is -3.81. The molecular formula is C22H21N5O3. The third-order valence-corrected chi connectivity index (χ3v) is 4.72. The molecule has 0 unspecified atom stereocenters. The smallest absolute Gasteiger partial charge is 0.259 e. The Morgan fingerprint density at radius 2 is 2.00 bits per heavy atom. The number of hydrogen-bond acceptors (Lipinski definition) is 6. The predicted molar refractivity (Wildman–Crippen MR) is 113 cm³/mol. The third kappa shape index (κ3) is 3.98. The number of carbonyl (C=O) groups excluding carboxylic acids is 1. The van der Waals surface area contributed by atoms with Gasteiger partial charge in [-0.15, -0.1) is 0 Å². The molecule has 0 aliphatic carbocycles. The first-order valence-corrected chi connectivity index (χ1v) is 9.82. The molecule has 0 atom stereocenters. The fourth-order valence-corrected chi connectivity index (χ4v) is 3.21. The number of nitrogens with zero attached hydrogens (tertiary/aromatic N) is 4. The summed E-state index contributed by atoms with van der Waals surface area (Å²) in [6.45, 7) is 2.60. The number of amides is 1. The number of benzene rings is 1. The summed E-state index contributed by atoms with van der Waals surface area (Å²) in [5.41, 5.74) is 1.41. The van der Waals surface area contributed by atoms with Crippen molar-refractivity contribution in [1.29, 1.82) is 0 Å². The van der Waals surface area contributed by atoms with E-state index in [9.17, 15) is 9.59 Å². The lowest BCUT2D eigenvalue weighted by molar-refractivity contribution is -0.121. The monoisotopic (exact) mass is 403 g/mol. The Kier molecular flexibility index (Phi) is 5.65. The summed E-state index contributed by atoms with van der Waals surface area (Å²) in [6, 6.07) is 14.2. The van der Waals surface area contributed by atoms with Gasteiger partial charge < -0.3 is 9.84 Å². The maximum atomic E-state index is 12.9. The van der Waals surface area contributed by atoms with Gasteiger partial charge in [0.15, 0.2) is 0 Å². The second kappa shape index (κ2) is 8.69. The van der Waals surface area contributed by atoms with Crippen molar-refractivity contribution in [3.63, 3.8) is 0 Å². The lowest BCUT2D eigenvalue weighted by Crippen LogP contribution is -2.32. The molecule has 3 aromatic heterocycles. The van der Waals surface area contributed by atoms with E-state index < -0.39 is 0 Å². The van der Waals surface area contributed by atoms with E-state index in [0.717, 1.165) is 18.2 Å². The van der Waals surface area contributed by atoms with E-state index in [0.29, 0.717) is 29.1 Å². The van der Waals surface area contributed by atoms with E-state index >= 15 is 0 Å². The molecule has 0 aliphatic rings. The number of fused-ring (bicyclic) bond motifs is 1. The first-order valence-electron chi connectivity index (χ1n) is 9.82. The molecule has 0 saturated carbocycles.